The Morgan fingerprint density at radius 1 is 1.00 bits per heavy atom. The Labute approximate surface area is 144 Å². The van der Waals surface area contributed by atoms with Gasteiger partial charge in [0, 0.05) is 6.07 Å². The molecule has 3 aromatic rings. The molecule has 0 unspecified atom stereocenters. The van der Waals surface area contributed by atoms with Gasteiger partial charge in [0.15, 0.2) is 6.61 Å². The Kier molecular flexibility index (Phi) is 5.21. The van der Waals surface area contributed by atoms with E-state index >= 15 is 0 Å². The number of esters is 1. The summed E-state index contributed by atoms with van der Waals surface area (Å²) in [5, 5.41) is 11.4. The van der Waals surface area contributed by atoms with Gasteiger partial charge in [0.1, 0.15) is 18.6 Å². The van der Waals surface area contributed by atoms with Crippen LogP contribution in [0.1, 0.15) is 21.7 Å². The van der Waals surface area contributed by atoms with Crippen molar-refractivity contribution in [1.29, 1.82) is 0 Å². The fraction of sp³-hybridized carbons (Fsp3) is 0.105. The topological polar surface area (TPSA) is 75.4 Å². The highest BCUT2D eigenvalue weighted by Crippen LogP contribution is 2.15. The molecule has 0 saturated carbocycles. The molecule has 6 heteroatoms. The molecule has 0 spiro atoms. The maximum Gasteiger partial charge on any atom is 0.339 e. The Morgan fingerprint density at radius 2 is 1.76 bits per heavy atom. The minimum Gasteiger partial charge on any atom is -0.711 e. The third kappa shape index (κ3) is 4.54. The molecule has 0 atom stereocenters. The Morgan fingerprint density at radius 3 is 2.48 bits per heavy atom. The normalized spacial score (nSPS) is 10.2. The zero-order valence-corrected chi connectivity index (χ0v) is 13.4. The summed E-state index contributed by atoms with van der Waals surface area (Å²) in [4.78, 5) is 15.9. The van der Waals surface area contributed by atoms with Crippen molar-refractivity contribution in [3.63, 3.8) is 0 Å². The highest BCUT2D eigenvalue weighted by molar-refractivity contribution is 5.89. The van der Waals surface area contributed by atoms with Crippen LogP contribution in [0.25, 0.3) is 0 Å². The van der Waals surface area contributed by atoms with E-state index in [0.717, 1.165) is 5.56 Å². The van der Waals surface area contributed by atoms with Gasteiger partial charge in [-0.2, -0.15) is 0 Å². The zero-order valence-electron chi connectivity index (χ0n) is 13.4. The van der Waals surface area contributed by atoms with Crippen molar-refractivity contribution in [2.45, 2.75) is 13.2 Å². The summed E-state index contributed by atoms with van der Waals surface area (Å²) < 4.78 is 11.3. The highest BCUT2D eigenvalue weighted by atomic mass is 16.5. The molecule has 25 heavy (non-hydrogen) atoms. The molecule has 2 aromatic carbocycles. The third-order valence-corrected chi connectivity index (χ3v) is 3.46. The van der Waals surface area contributed by atoms with E-state index in [0.29, 0.717) is 22.7 Å². The summed E-state index contributed by atoms with van der Waals surface area (Å²) >= 11 is 0. The number of carbonyl (C=O) groups is 1. The van der Waals surface area contributed by atoms with Crippen LogP contribution < -0.4 is 9.47 Å². The molecule has 0 fully saturated rings. The first-order valence-corrected chi connectivity index (χ1v) is 7.69. The van der Waals surface area contributed by atoms with Gasteiger partial charge in [-0.3, -0.25) is 0 Å². The number of nitrogens with zero attached hydrogens (tertiary/aromatic N) is 2. The maximum absolute atomic E-state index is 12.0. The fourth-order valence-corrected chi connectivity index (χ4v) is 2.13. The van der Waals surface area contributed by atoms with Crippen LogP contribution in [0, 0.1) is 5.21 Å². The maximum atomic E-state index is 12.0. The van der Waals surface area contributed by atoms with Crippen LogP contribution in [0.2, 0.25) is 0 Å². The smallest absolute Gasteiger partial charge is 0.339 e. The second-order valence-electron chi connectivity index (χ2n) is 5.24. The Bertz CT molecular complexity index is 836. The van der Waals surface area contributed by atoms with Crippen LogP contribution in [0.4, 0.5) is 0 Å². The van der Waals surface area contributed by atoms with Crippen LogP contribution in [-0.2, 0) is 18.0 Å². The van der Waals surface area contributed by atoms with Crippen LogP contribution in [0.5, 0.6) is 5.75 Å². The minimum absolute atomic E-state index is 0.124. The summed E-state index contributed by atoms with van der Waals surface area (Å²) in [5.41, 5.74) is 1.44. The quantitative estimate of drug-likeness (QED) is 0.393. The molecule has 1 heterocycles. The lowest BCUT2D eigenvalue weighted by atomic mass is 10.2. The summed E-state index contributed by atoms with van der Waals surface area (Å²) in [5.74, 6) is 0.251. The lowest BCUT2D eigenvalue weighted by Gasteiger charge is -2.08. The molecule has 0 amide bonds. The number of carbonyl (C=O) groups excluding carboxylic acids is 1. The van der Waals surface area contributed by atoms with Gasteiger partial charge < -0.3 is 14.7 Å². The van der Waals surface area contributed by atoms with Crippen molar-refractivity contribution in [3.05, 3.63) is 95.2 Å². The van der Waals surface area contributed by atoms with Crippen LogP contribution in [-0.4, -0.2) is 11.0 Å². The van der Waals surface area contributed by atoms with E-state index < -0.39 is 5.97 Å². The number of hydrogen-bond acceptors (Lipinski definition) is 5. The standard InChI is InChI=1S/C19H16N2O4/c22-19(25-14-18-20-11-4-12-21(18)23)16-7-9-17(10-8-16)24-13-15-5-2-1-3-6-15/h1-12H,13-14H2. The summed E-state index contributed by atoms with van der Waals surface area (Å²) in [6, 6.07) is 17.9. The van der Waals surface area contributed by atoms with E-state index in [9.17, 15) is 10.0 Å². The molecule has 0 N–H and O–H groups in total. The van der Waals surface area contributed by atoms with Gasteiger partial charge in [0.25, 0.3) is 0 Å². The number of aromatic nitrogens is 2. The van der Waals surface area contributed by atoms with Crippen molar-refractivity contribution in [3.8, 4) is 5.75 Å². The zero-order chi connectivity index (χ0) is 17.5. The SMILES string of the molecule is O=C(OCc1nccc[n+]1[O-])c1ccc(OCc2ccccc2)cc1. The second-order valence-corrected chi connectivity index (χ2v) is 5.24. The third-order valence-electron chi connectivity index (χ3n) is 3.46. The average Bonchev–Trinajstić information content (AvgIpc) is 2.67. The van der Waals surface area contributed by atoms with Gasteiger partial charge in [-0.1, -0.05) is 30.3 Å². The number of benzene rings is 2. The van der Waals surface area contributed by atoms with E-state index in [1.165, 1.54) is 18.5 Å². The molecular formula is C19H16N2O4. The molecule has 6 nitrogen and oxygen atoms in total. The van der Waals surface area contributed by atoms with Crippen molar-refractivity contribution in [2.24, 2.45) is 0 Å². The molecule has 3 rings (SSSR count). The number of ether oxygens (including phenoxy) is 2. The first-order chi connectivity index (χ1) is 12.2. The van der Waals surface area contributed by atoms with Gasteiger partial charge in [-0.05, 0) is 34.8 Å². The molecule has 0 aliphatic heterocycles. The first-order valence-electron chi connectivity index (χ1n) is 7.69. The van der Waals surface area contributed by atoms with Gasteiger partial charge >= 0.3 is 11.8 Å². The van der Waals surface area contributed by atoms with Crippen LogP contribution in [0.15, 0.2) is 73.1 Å². The van der Waals surface area contributed by atoms with E-state index in [1.54, 1.807) is 24.3 Å². The second kappa shape index (κ2) is 7.92. The Balaban J connectivity index is 1.54. The molecule has 0 aliphatic carbocycles. The molecule has 1 aromatic heterocycles. The van der Waals surface area contributed by atoms with E-state index in [-0.39, 0.29) is 12.4 Å². The van der Waals surface area contributed by atoms with Crippen molar-refractivity contribution < 1.29 is 19.0 Å². The molecule has 0 aliphatic rings. The number of hydrogen-bond donors (Lipinski definition) is 0. The lowest BCUT2D eigenvalue weighted by molar-refractivity contribution is -0.620. The molecule has 0 saturated heterocycles. The minimum atomic E-state index is -0.528. The van der Waals surface area contributed by atoms with Gasteiger partial charge in [0.2, 0.25) is 0 Å². The molecule has 126 valence electrons. The molecule has 0 bridgehead atoms. The van der Waals surface area contributed by atoms with E-state index in [1.807, 2.05) is 30.3 Å². The molecular weight excluding hydrogens is 320 g/mol. The van der Waals surface area contributed by atoms with Crippen molar-refractivity contribution in [1.82, 2.24) is 4.98 Å². The van der Waals surface area contributed by atoms with Crippen LogP contribution in [0.3, 0.4) is 0 Å². The van der Waals surface area contributed by atoms with E-state index in [4.69, 9.17) is 9.47 Å². The predicted molar refractivity (Wildman–Crippen MR) is 89.5 cm³/mol. The van der Waals surface area contributed by atoms with Crippen LogP contribution >= 0.6 is 0 Å². The average molecular weight is 336 g/mol. The monoisotopic (exact) mass is 336 g/mol. The first kappa shape index (κ1) is 16.4. The largest absolute Gasteiger partial charge is 0.711 e. The summed E-state index contributed by atoms with van der Waals surface area (Å²) in [6.45, 7) is 0.267. The van der Waals surface area contributed by atoms with Crippen molar-refractivity contribution in [2.75, 3.05) is 0 Å². The number of rotatable bonds is 6. The summed E-state index contributed by atoms with van der Waals surface area (Å²) in [6.07, 6.45) is 2.77. The van der Waals surface area contributed by atoms with Gasteiger partial charge in [-0.15, -0.1) is 0 Å². The molecule has 0 radical (unpaired) electrons. The highest BCUT2D eigenvalue weighted by Gasteiger charge is 2.12. The summed E-state index contributed by atoms with van der Waals surface area (Å²) in [7, 11) is 0. The lowest BCUT2D eigenvalue weighted by Crippen LogP contribution is -2.33. The van der Waals surface area contributed by atoms with Crippen molar-refractivity contribution >= 4 is 5.97 Å². The van der Waals surface area contributed by atoms with Gasteiger partial charge in [-0.25, -0.2) is 9.52 Å². The Hall–Kier alpha value is -3.41. The van der Waals surface area contributed by atoms with Gasteiger partial charge in [0.05, 0.1) is 11.8 Å². The van der Waals surface area contributed by atoms with E-state index in [2.05, 4.69) is 4.98 Å². The fourth-order valence-electron chi connectivity index (χ4n) is 2.13. The predicted octanol–water partition coefficient (Wildman–Crippen LogP) is 2.65.